The van der Waals surface area contributed by atoms with E-state index in [-0.39, 0.29) is 0 Å². The normalized spacial score (nSPS) is 12.6. The quantitative estimate of drug-likeness (QED) is 0.807. The van der Waals surface area contributed by atoms with Crippen LogP contribution in [0.15, 0.2) is 52.4 Å². The summed E-state index contributed by atoms with van der Waals surface area (Å²) in [6.45, 7) is 0. The maximum Gasteiger partial charge on any atom is 0.255 e. The Hall–Kier alpha value is -1.26. The van der Waals surface area contributed by atoms with Gasteiger partial charge in [0.05, 0.1) is 6.20 Å². The van der Waals surface area contributed by atoms with Crippen molar-refractivity contribution in [2.45, 2.75) is 11.3 Å². The third-order valence-corrected chi connectivity index (χ3v) is 3.28. The predicted molar refractivity (Wildman–Crippen MR) is 65.5 cm³/mol. The molecule has 1 atom stereocenters. The molecular formula is C12H14N2OS. The molecule has 2 rings (SSSR count). The summed E-state index contributed by atoms with van der Waals surface area (Å²) in [5.74, 6) is 0.904. The van der Waals surface area contributed by atoms with Gasteiger partial charge in [0.2, 0.25) is 0 Å². The average Bonchev–Trinajstić information content (AvgIpc) is 2.84. The first kappa shape index (κ1) is 11.2. The molecule has 0 aliphatic carbocycles. The Labute approximate surface area is 99.3 Å². The number of hydrogen-bond acceptors (Lipinski definition) is 4. The fourth-order valence-corrected chi connectivity index (χ4v) is 2.40. The predicted octanol–water partition coefficient (Wildman–Crippen LogP) is 2.73. The van der Waals surface area contributed by atoms with Crippen LogP contribution in [0.4, 0.5) is 0 Å². The highest BCUT2D eigenvalue weighted by Crippen LogP contribution is 2.22. The molecule has 0 aliphatic rings. The van der Waals surface area contributed by atoms with Crippen molar-refractivity contribution in [1.82, 2.24) is 10.3 Å². The van der Waals surface area contributed by atoms with E-state index in [9.17, 15) is 0 Å². The summed E-state index contributed by atoms with van der Waals surface area (Å²) in [6.07, 6.45) is 3.26. The third kappa shape index (κ3) is 2.87. The molecule has 1 aromatic heterocycles. The molecule has 0 amide bonds. The van der Waals surface area contributed by atoms with E-state index >= 15 is 0 Å². The van der Waals surface area contributed by atoms with Gasteiger partial charge in [-0.05, 0) is 12.6 Å². The summed E-state index contributed by atoms with van der Waals surface area (Å²) in [7, 11) is 1.97. The number of nitrogens with zero attached hydrogens (tertiary/aromatic N) is 1. The smallest absolute Gasteiger partial charge is 0.255 e. The molecule has 2 aromatic rings. The second-order valence-electron chi connectivity index (χ2n) is 3.36. The van der Waals surface area contributed by atoms with Crippen LogP contribution in [-0.4, -0.2) is 17.8 Å². The van der Waals surface area contributed by atoms with Gasteiger partial charge in [-0.25, -0.2) is 4.98 Å². The molecule has 0 spiro atoms. The molecule has 1 heterocycles. The molecule has 0 radical (unpaired) electrons. The Morgan fingerprint density at radius 3 is 2.81 bits per heavy atom. The summed E-state index contributed by atoms with van der Waals surface area (Å²) in [5, 5.41) is 4.01. The van der Waals surface area contributed by atoms with E-state index in [1.54, 1.807) is 24.2 Å². The van der Waals surface area contributed by atoms with Crippen LogP contribution in [0.5, 0.6) is 0 Å². The Kier molecular flexibility index (Phi) is 4.02. The lowest BCUT2D eigenvalue weighted by Gasteiger charge is -2.14. The molecule has 0 fully saturated rings. The van der Waals surface area contributed by atoms with Gasteiger partial charge in [-0.15, -0.1) is 0 Å². The minimum Gasteiger partial charge on any atom is -0.440 e. The minimum absolute atomic E-state index is 0.318. The molecule has 0 bridgehead atoms. The molecule has 84 valence electrons. The van der Waals surface area contributed by atoms with Crippen LogP contribution >= 0.6 is 11.8 Å². The third-order valence-electron chi connectivity index (χ3n) is 2.33. The topological polar surface area (TPSA) is 38.1 Å². The summed E-state index contributed by atoms with van der Waals surface area (Å²) in [6, 6.07) is 10.7. The van der Waals surface area contributed by atoms with E-state index in [1.807, 2.05) is 13.1 Å². The molecule has 16 heavy (non-hydrogen) atoms. The number of nitrogens with one attached hydrogen (secondary N) is 1. The van der Waals surface area contributed by atoms with E-state index in [4.69, 9.17) is 4.42 Å². The van der Waals surface area contributed by atoms with Gasteiger partial charge in [0.15, 0.2) is 0 Å². The number of benzene rings is 1. The molecule has 0 aliphatic heterocycles. The maximum absolute atomic E-state index is 5.19. The first-order valence-electron chi connectivity index (χ1n) is 5.14. The standard InChI is InChI=1S/C12H14N2OS/c1-13-11(10-5-3-2-4-6-10)9-16-12-14-7-8-15-12/h2-8,11,13H,9H2,1H3. The Morgan fingerprint density at radius 1 is 1.38 bits per heavy atom. The van der Waals surface area contributed by atoms with Crippen molar-refractivity contribution in [3.05, 3.63) is 48.4 Å². The second kappa shape index (κ2) is 5.72. The largest absolute Gasteiger partial charge is 0.440 e. The van der Waals surface area contributed by atoms with Gasteiger partial charge < -0.3 is 9.73 Å². The van der Waals surface area contributed by atoms with Gasteiger partial charge in [-0.1, -0.05) is 42.1 Å². The molecule has 0 saturated heterocycles. The van der Waals surface area contributed by atoms with Crippen LogP contribution in [0.2, 0.25) is 0 Å². The van der Waals surface area contributed by atoms with E-state index in [1.165, 1.54) is 5.56 Å². The van der Waals surface area contributed by atoms with Gasteiger partial charge in [0.1, 0.15) is 6.26 Å². The maximum atomic E-state index is 5.19. The Bertz CT molecular complexity index is 402. The van der Waals surface area contributed by atoms with Crippen molar-refractivity contribution < 1.29 is 4.42 Å². The van der Waals surface area contributed by atoms with Gasteiger partial charge in [0, 0.05) is 11.8 Å². The first-order chi connectivity index (χ1) is 7.90. The molecule has 3 nitrogen and oxygen atoms in total. The summed E-state index contributed by atoms with van der Waals surface area (Å²) in [5.41, 5.74) is 1.28. The van der Waals surface area contributed by atoms with Crippen molar-refractivity contribution in [2.24, 2.45) is 0 Å². The molecule has 0 saturated carbocycles. The van der Waals surface area contributed by atoms with Crippen LogP contribution in [0.3, 0.4) is 0 Å². The molecule has 1 unspecified atom stereocenters. The van der Waals surface area contributed by atoms with Gasteiger partial charge in [0.25, 0.3) is 5.22 Å². The zero-order chi connectivity index (χ0) is 11.2. The number of thioether (sulfide) groups is 1. The van der Waals surface area contributed by atoms with Gasteiger partial charge in [-0.2, -0.15) is 0 Å². The van der Waals surface area contributed by atoms with Crippen molar-refractivity contribution in [2.75, 3.05) is 12.8 Å². The van der Waals surface area contributed by atoms with E-state index in [0.717, 1.165) is 11.0 Å². The first-order valence-corrected chi connectivity index (χ1v) is 6.13. The number of rotatable bonds is 5. The molecule has 1 aromatic carbocycles. The number of aromatic nitrogens is 1. The zero-order valence-electron chi connectivity index (χ0n) is 9.09. The van der Waals surface area contributed by atoms with Crippen molar-refractivity contribution in [3.63, 3.8) is 0 Å². The second-order valence-corrected chi connectivity index (χ2v) is 4.33. The van der Waals surface area contributed by atoms with E-state index in [0.29, 0.717) is 6.04 Å². The fourth-order valence-electron chi connectivity index (χ4n) is 1.47. The molecular weight excluding hydrogens is 220 g/mol. The van der Waals surface area contributed by atoms with Crippen LogP contribution < -0.4 is 5.32 Å². The fraction of sp³-hybridized carbons (Fsp3) is 0.250. The van der Waals surface area contributed by atoms with Gasteiger partial charge >= 0.3 is 0 Å². The number of hydrogen-bond donors (Lipinski definition) is 1. The minimum atomic E-state index is 0.318. The summed E-state index contributed by atoms with van der Waals surface area (Å²) < 4.78 is 5.19. The highest BCUT2D eigenvalue weighted by molar-refractivity contribution is 7.99. The molecule has 4 heteroatoms. The Morgan fingerprint density at radius 2 is 2.19 bits per heavy atom. The lowest BCUT2D eigenvalue weighted by atomic mass is 10.1. The lowest BCUT2D eigenvalue weighted by molar-refractivity contribution is 0.453. The van der Waals surface area contributed by atoms with Gasteiger partial charge in [-0.3, -0.25) is 0 Å². The van der Waals surface area contributed by atoms with Crippen LogP contribution in [0.1, 0.15) is 11.6 Å². The Balaban J connectivity index is 1.96. The summed E-state index contributed by atoms with van der Waals surface area (Å²) in [4.78, 5) is 4.08. The van der Waals surface area contributed by atoms with Crippen LogP contribution in [-0.2, 0) is 0 Å². The SMILES string of the molecule is CNC(CSc1ncco1)c1ccccc1. The van der Waals surface area contributed by atoms with E-state index < -0.39 is 0 Å². The average molecular weight is 234 g/mol. The van der Waals surface area contributed by atoms with Crippen molar-refractivity contribution in [1.29, 1.82) is 0 Å². The van der Waals surface area contributed by atoms with E-state index in [2.05, 4.69) is 34.6 Å². The summed E-state index contributed by atoms with van der Waals surface area (Å²) >= 11 is 1.61. The highest BCUT2D eigenvalue weighted by atomic mass is 32.2. The highest BCUT2D eigenvalue weighted by Gasteiger charge is 2.10. The monoisotopic (exact) mass is 234 g/mol. The van der Waals surface area contributed by atoms with Crippen LogP contribution in [0, 0.1) is 0 Å². The molecule has 1 N–H and O–H groups in total. The van der Waals surface area contributed by atoms with Crippen LogP contribution in [0.25, 0.3) is 0 Å². The number of oxazole rings is 1. The van der Waals surface area contributed by atoms with Crippen molar-refractivity contribution in [3.8, 4) is 0 Å². The van der Waals surface area contributed by atoms with Crippen molar-refractivity contribution >= 4 is 11.8 Å². The zero-order valence-corrected chi connectivity index (χ0v) is 9.91. The lowest BCUT2D eigenvalue weighted by Crippen LogP contribution is -2.18.